The standard InChI is InChI=1S/C24H27N7O2/c1-14-12-31(13-15(2)27-14)20-6-5-18(21-19(20)11-26-24(29-21)33-4)23(32)28-17-9-16-7-8-30(3)22(16)25-10-17/h5-11,14-15,27H,12-13H2,1-4H3,(H,28,32)/t14-,15+. The lowest BCUT2D eigenvalue weighted by molar-refractivity contribution is 0.102. The fourth-order valence-electron chi connectivity index (χ4n) is 4.59. The molecule has 0 bridgehead atoms. The average molecular weight is 446 g/mol. The molecule has 33 heavy (non-hydrogen) atoms. The summed E-state index contributed by atoms with van der Waals surface area (Å²) >= 11 is 0. The molecule has 3 aromatic heterocycles. The lowest BCUT2D eigenvalue weighted by atomic mass is 10.0. The molecule has 5 rings (SSSR count). The molecule has 1 aromatic carbocycles. The third-order valence-electron chi connectivity index (χ3n) is 6.00. The van der Waals surface area contributed by atoms with Crippen molar-refractivity contribution in [3.63, 3.8) is 0 Å². The van der Waals surface area contributed by atoms with Crippen LogP contribution in [0.3, 0.4) is 0 Å². The number of methoxy groups -OCH3 is 1. The molecule has 1 aliphatic rings. The zero-order valence-electron chi connectivity index (χ0n) is 19.2. The Labute approximate surface area is 191 Å². The van der Waals surface area contributed by atoms with Gasteiger partial charge in [-0.2, -0.15) is 4.98 Å². The Bertz CT molecular complexity index is 1340. The number of rotatable bonds is 4. The average Bonchev–Trinajstić information content (AvgIpc) is 3.17. The molecule has 1 saturated heterocycles. The lowest BCUT2D eigenvalue weighted by Gasteiger charge is -2.38. The summed E-state index contributed by atoms with van der Waals surface area (Å²) in [5.74, 6) is -0.258. The number of benzene rings is 1. The monoisotopic (exact) mass is 445 g/mol. The second kappa shape index (κ2) is 8.32. The van der Waals surface area contributed by atoms with E-state index in [0.717, 1.165) is 35.2 Å². The summed E-state index contributed by atoms with van der Waals surface area (Å²) in [7, 11) is 3.46. The van der Waals surface area contributed by atoms with E-state index in [9.17, 15) is 4.79 Å². The van der Waals surface area contributed by atoms with E-state index in [1.807, 2.05) is 42.1 Å². The molecule has 0 unspecified atom stereocenters. The molecule has 2 atom stereocenters. The highest BCUT2D eigenvalue weighted by molar-refractivity contribution is 6.14. The van der Waals surface area contributed by atoms with Gasteiger partial charge in [0, 0.05) is 61.1 Å². The summed E-state index contributed by atoms with van der Waals surface area (Å²) in [6.45, 7) is 6.06. The molecule has 1 aliphatic heterocycles. The van der Waals surface area contributed by atoms with Gasteiger partial charge in [-0.25, -0.2) is 9.97 Å². The number of hydrogen-bond donors (Lipinski definition) is 2. The number of carbonyl (C=O) groups is 1. The minimum absolute atomic E-state index is 0.225. The third kappa shape index (κ3) is 3.95. The van der Waals surface area contributed by atoms with E-state index in [2.05, 4.69) is 44.3 Å². The number of aryl methyl sites for hydroxylation is 1. The zero-order valence-corrected chi connectivity index (χ0v) is 19.2. The van der Waals surface area contributed by atoms with E-state index in [-0.39, 0.29) is 11.9 Å². The van der Waals surface area contributed by atoms with Crippen LogP contribution in [-0.4, -0.2) is 57.7 Å². The minimum atomic E-state index is -0.258. The molecule has 2 N–H and O–H groups in total. The van der Waals surface area contributed by atoms with Crippen molar-refractivity contribution in [1.29, 1.82) is 0 Å². The van der Waals surface area contributed by atoms with Crippen molar-refractivity contribution < 1.29 is 9.53 Å². The number of carbonyl (C=O) groups excluding carboxylic acids is 1. The normalized spacial score (nSPS) is 18.6. The second-order valence-corrected chi connectivity index (χ2v) is 8.64. The SMILES string of the molecule is COc1ncc2c(N3C[C@@H](C)N[C@@H](C)C3)ccc(C(=O)Nc3cnc4c(ccn4C)c3)c2n1. The molecule has 0 saturated carbocycles. The van der Waals surface area contributed by atoms with Crippen LogP contribution < -0.4 is 20.3 Å². The van der Waals surface area contributed by atoms with Crippen molar-refractivity contribution in [3.8, 4) is 6.01 Å². The predicted octanol–water partition coefficient (Wildman–Crippen LogP) is 2.96. The maximum atomic E-state index is 13.3. The van der Waals surface area contributed by atoms with Crippen molar-refractivity contribution in [3.05, 3.63) is 48.4 Å². The molecular formula is C24H27N7O2. The Morgan fingerprint density at radius 1 is 1.15 bits per heavy atom. The van der Waals surface area contributed by atoms with Gasteiger partial charge in [-0.15, -0.1) is 0 Å². The number of aromatic nitrogens is 4. The van der Waals surface area contributed by atoms with Crippen LogP contribution in [0.15, 0.2) is 42.9 Å². The predicted molar refractivity (Wildman–Crippen MR) is 129 cm³/mol. The summed E-state index contributed by atoms with van der Waals surface area (Å²) in [4.78, 5) is 28.9. The van der Waals surface area contributed by atoms with Gasteiger partial charge in [-0.3, -0.25) is 4.79 Å². The van der Waals surface area contributed by atoms with E-state index in [4.69, 9.17) is 4.74 Å². The van der Waals surface area contributed by atoms with E-state index in [0.29, 0.717) is 28.9 Å². The first kappa shape index (κ1) is 21.1. The molecule has 170 valence electrons. The molecule has 4 aromatic rings. The Balaban J connectivity index is 1.53. The minimum Gasteiger partial charge on any atom is -0.467 e. The summed E-state index contributed by atoms with van der Waals surface area (Å²) < 4.78 is 7.19. The zero-order chi connectivity index (χ0) is 23.1. The van der Waals surface area contributed by atoms with Gasteiger partial charge in [-0.05, 0) is 38.1 Å². The van der Waals surface area contributed by atoms with Gasteiger partial charge in [0.25, 0.3) is 5.91 Å². The first-order valence-electron chi connectivity index (χ1n) is 11.0. The first-order valence-corrected chi connectivity index (χ1v) is 11.0. The van der Waals surface area contributed by atoms with E-state index >= 15 is 0 Å². The molecule has 9 heteroatoms. The van der Waals surface area contributed by atoms with Crippen LogP contribution in [0, 0.1) is 0 Å². The van der Waals surface area contributed by atoms with Gasteiger partial charge in [0.05, 0.1) is 30.1 Å². The van der Waals surface area contributed by atoms with Crippen molar-refractivity contribution in [2.75, 3.05) is 30.4 Å². The number of amides is 1. The smallest absolute Gasteiger partial charge is 0.316 e. The molecule has 0 spiro atoms. The van der Waals surface area contributed by atoms with Gasteiger partial charge in [0.15, 0.2) is 0 Å². The number of anilines is 2. The molecule has 0 aliphatic carbocycles. The number of nitrogens with one attached hydrogen (secondary N) is 2. The third-order valence-corrected chi connectivity index (χ3v) is 6.00. The van der Waals surface area contributed by atoms with Crippen molar-refractivity contribution in [2.24, 2.45) is 7.05 Å². The molecule has 1 amide bonds. The molecule has 9 nitrogen and oxygen atoms in total. The van der Waals surface area contributed by atoms with E-state index in [1.165, 1.54) is 7.11 Å². The highest BCUT2D eigenvalue weighted by Gasteiger charge is 2.24. The van der Waals surface area contributed by atoms with Crippen LogP contribution in [0.25, 0.3) is 21.9 Å². The number of fused-ring (bicyclic) bond motifs is 2. The lowest BCUT2D eigenvalue weighted by Crippen LogP contribution is -2.54. The summed E-state index contributed by atoms with van der Waals surface area (Å²) in [6.07, 6.45) is 5.34. The van der Waals surface area contributed by atoms with Gasteiger partial charge >= 0.3 is 6.01 Å². The van der Waals surface area contributed by atoms with E-state index < -0.39 is 0 Å². The maximum Gasteiger partial charge on any atom is 0.316 e. The maximum absolute atomic E-state index is 13.3. The number of nitrogens with zero attached hydrogens (tertiary/aromatic N) is 5. The molecule has 1 fully saturated rings. The summed E-state index contributed by atoms with van der Waals surface area (Å²) in [6, 6.07) is 8.62. The Kier molecular flexibility index (Phi) is 5.33. The summed E-state index contributed by atoms with van der Waals surface area (Å²) in [5, 5.41) is 8.30. The highest BCUT2D eigenvalue weighted by Crippen LogP contribution is 2.31. The van der Waals surface area contributed by atoms with Crippen molar-refractivity contribution >= 4 is 39.2 Å². The number of pyridine rings is 1. The number of ether oxygens (including phenoxy) is 1. The topological polar surface area (TPSA) is 97.2 Å². The van der Waals surface area contributed by atoms with Gasteiger partial charge in [-0.1, -0.05) is 0 Å². The number of piperazine rings is 1. The highest BCUT2D eigenvalue weighted by atomic mass is 16.5. The van der Waals surface area contributed by atoms with Gasteiger partial charge in [0.2, 0.25) is 0 Å². The second-order valence-electron chi connectivity index (χ2n) is 8.64. The van der Waals surface area contributed by atoms with Crippen LogP contribution in [0.2, 0.25) is 0 Å². The van der Waals surface area contributed by atoms with Gasteiger partial charge in [0.1, 0.15) is 5.65 Å². The fraction of sp³-hybridized carbons (Fsp3) is 0.333. The first-order chi connectivity index (χ1) is 15.9. The molecule has 4 heterocycles. The van der Waals surface area contributed by atoms with Crippen LogP contribution in [0.1, 0.15) is 24.2 Å². The van der Waals surface area contributed by atoms with Gasteiger partial charge < -0.3 is 24.8 Å². The van der Waals surface area contributed by atoms with Crippen LogP contribution in [0.5, 0.6) is 6.01 Å². The van der Waals surface area contributed by atoms with E-state index in [1.54, 1.807) is 12.4 Å². The Morgan fingerprint density at radius 3 is 2.70 bits per heavy atom. The fourth-order valence-corrected chi connectivity index (χ4v) is 4.59. The molecular weight excluding hydrogens is 418 g/mol. The van der Waals surface area contributed by atoms with Crippen molar-refractivity contribution in [1.82, 2.24) is 24.8 Å². The Hall–Kier alpha value is -3.72. The summed E-state index contributed by atoms with van der Waals surface area (Å²) in [5.41, 5.74) is 3.52. The van der Waals surface area contributed by atoms with Crippen molar-refractivity contribution in [2.45, 2.75) is 25.9 Å². The van der Waals surface area contributed by atoms with Crippen LogP contribution in [0.4, 0.5) is 11.4 Å². The molecule has 0 radical (unpaired) electrons. The largest absolute Gasteiger partial charge is 0.467 e. The number of hydrogen-bond acceptors (Lipinski definition) is 7. The quantitative estimate of drug-likeness (QED) is 0.498. The Morgan fingerprint density at radius 2 is 1.94 bits per heavy atom. The van der Waals surface area contributed by atoms with Crippen LogP contribution in [-0.2, 0) is 7.05 Å². The van der Waals surface area contributed by atoms with Crippen LogP contribution >= 0.6 is 0 Å².